The Morgan fingerprint density at radius 1 is 1.50 bits per heavy atom. The second-order valence-corrected chi connectivity index (χ2v) is 2.65. The quantitative estimate of drug-likeness (QED) is 0.516. The Labute approximate surface area is 52.3 Å². The van der Waals surface area contributed by atoms with Crippen LogP contribution in [0.5, 0.6) is 0 Å². The molecule has 0 rings (SSSR count). The molecule has 0 aromatic heterocycles. The predicted octanol–water partition coefficient (Wildman–Crippen LogP) is -0.324. The molecule has 0 bridgehead atoms. The fourth-order valence-electron chi connectivity index (χ4n) is 0. The van der Waals surface area contributed by atoms with Gasteiger partial charge in [-0.25, -0.2) is 0 Å². The molecule has 2 N–H and O–H groups in total. The van der Waals surface area contributed by atoms with Crippen molar-refractivity contribution < 1.29 is 31.9 Å². The van der Waals surface area contributed by atoms with E-state index in [0.717, 1.165) is 0 Å². The van der Waals surface area contributed by atoms with Crippen LogP contribution in [0.4, 0.5) is 0 Å². The third kappa shape index (κ3) is 95.7. The van der Waals surface area contributed by atoms with Gasteiger partial charge in [-0.1, -0.05) is 0 Å². The van der Waals surface area contributed by atoms with E-state index >= 15 is 0 Å². The molecule has 0 fully saturated rings. The molecule has 37 valence electrons. The molecule has 0 saturated carbocycles. The summed E-state index contributed by atoms with van der Waals surface area (Å²) < 4.78 is 24.0. The van der Waals surface area contributed by atoms with Gasteiger partial charge in [-0.3, -0.25) is 9.11 Å². The van der Waals surface area contributed by atoms with Crippen LogP contribution in [-0.4, -0.2) is 13.3 Å². The van der Waals surface area contributed by atoms with Crippen LogP contribution >= 0.6 is 0 Å². The summed E-state index contributed by atoms with van der Waals surface area (Å²) in [4.78, 5) is 0. The maximum atomic E-state index is 9.11. The van der Waals surface area contributed by atoms with E-state index in [1.54, 1.807) is 0 Å². The standard InChI is InChI=1S/H2O3S2.V/c1-5(2,3)4;/h(H2,1,2,3,4);. The SMILES string of the molecule is O=S(O)(O)=S.[V]. The molecule has 0 atom stereocenters. The number of rotatable bonds is 0. The second kappa shape index (κ2) is 2.95. The molecule has 0 aliphatic heterocycles. The van der Waals surface area contributed by atoms with Gasteiger partial charge in [0.05, 0.1) is 0 Å². The Hall–Kier alpha value is 0.874. The minimum absolute atomic E-state index is 0. The first kappa shape index (κ1) is 9.98. The van der Waals surface area contributed by atoms with E-state index in [1.807, 2.05) is 0 Å². The molecule has 6 heavy (non-hydrogen) atoms. The zero-order valence-corrected chi connectivity index (χ0v) is 5.60. The summed E-state index contributed by atoms with van der Waals surface area (Å²) in [6.45, 7) is 0. The average molecular weight is 165 g/mol. The van der Waals surface area contributed by atoms with Gasteiger partial charge < -0.3 is 0 Å². The first-order valence-electron chi connectivity index (χ1n) is 0.698. The molecule has 0 spiro atoms. The molecular formula is H2O3S2V. The average Bonchev–Trinajstić information content (AvgIpc) is 0.722. The van der Waals surface area contributed by atoms with Gasteiger partial charge in [0.15, 0.2) is 0 Å². The van der Waals surface area contributed by atoms with E-state index in [4.69, 9.17) is 13.3 Å². The maximum absolute atomic E-state index is 9.11. The summed E-state index contributed by atoms with van der Waals surface area (Å²) in [5.74, 6) is 0. The van der Waals surface area contributed by atoms with E-state index in [2.05, 4.69) is 11.2 Å². The van der Waals surface area contributed by atoms with Gasteiger partial charge in [0.2, 0.25) is 0 Å². The van der Waals surface area contributed by atoms with E-state index in [9.17, 15) is 0 Å². The van der Waals surface area contributed by atoms with Crippen molar-refractivity contribution in [1.82, 2.24) is 0 Å². The molecular weight excluding hydrogens is 163 g/mol. The largest absolute Gasteiger partial charge is 0.285 e. The Balaban J connectivity index is 0. The summed E-state index contributed by atoms with van der Waals surface area (Å²) in [6, 6.07) is 0. The van der Waals surface area contributed by atoms with Crippen molar-refractivity contribution in [2.45, 2.75) is 0 Å². The molecule has 0 unspecified atom stereocenters. The zero-order chi connectivity index (χ0) is 4.50. The van der Waals surface area contributed by atoms with Crippen molar-refractivity contribution in [2.24, 2.45) is 0 Å². The third-order valence-corrected chi connectivity index (χ3v) is 0. The Bertz CT molecular complexity index is 92.0. The van der Waals surface area contributed by atoms with Crippen LogP contribution in [-0.2, 0) is 38.8 Å². The van der Waals surface area contributed by atoms with Crippen LogP contribution in [0.2, 0.25) is 0 Å². The predicted molar refractivity (Wildman–Crippen MR) is 20.8 cm³/mol. The van der Waals surface area contributed by atoms with Crippen molar-refractivity contribution in [1.29, 1.82) is 0 Å². The third-order valence-electron chi connectivity index (χ3n) is 0. The molecule has 0 aromatic carbocycles. The molecule has 0 saturated heterocycles. The molecule has 0 amide bonds. The van der Waals surface area contributed by atoms with Crippen LogP contribution in [0.25, 0.3) is 0 Å². The van der Waals surface area contributed by atoms with Crippen molar-refractivity contribution in [3.05, 3.63) is 0 Å². The number of hydrogen-bond acceptors (Lipinski definition) is 2. The molecule has 1 radical (unpaired) electrons. The van der Waals surface area contributed by atoms with Crippen LogP contribution in [0.1, 0.15) is 0 Å². The normalized spacial score (nSPS) is 9.67. The van der Waals surface area contributed by atoms with Crippen molar-refractivity contribution in [3.63, 3.8) is 0 Å². The minimum Gasteiger partial charge on any atom is -0.285 e. The van der Waals surface area contributed by atoms with Gasteiger partial charge >= 0.3 is 0 Å². The van der Waals surface area contributed by atoms with Crippen LogP contribution in [0, 0.1) is 0 Å². The van der Waals surface area contributed by atoms with Crippen LogP contribution in [0.3, 0.4) is 0 Å². The number of hydrogen-bond donors (Lipinski definition) is 2. The second-order valence-electron chi connectivity index (χ2n) is 0.448. The van der Waals surface area contributed by atoms with Gasteiger partial charge in [0.1, 0.15) is 0 Å². The summed E-state index contributed by atoms with van der Waals surface area (Å²) >= 11 is 3.47. The van der Waals surface area contributed by atoms with E-state index in [0.29, 0.717) is 0 Å². The van der Waals surface area contributed by atoms with Crippen LogP contribution in [0.15, 0.2) is 0 Å². The van der Waals surface area contributed by atoms with Gasteiger partial charge in [-0.2, -0.15) is 4.21 Å². The fourth-order valence-corrected chi connectivity index (χ4v) is 0. The Morgan fingerprint density at radius 2 is 1.50 bits per heavy atom. The molecule has 0 aliphatic carbocycles. The summed E-state index contributed by atoms with van der Waals surface area (Å²) in [7, 11) is -3.83. The maximum Gasteiger partial charge on any atom is 0.263 e. The van der Waals surface area contributed by atoms with Gasteiger partial charge in [0.25, 0.3) is 9.05 Å². The minimum atomic E-state index is -3.83. The van der Waals surface area contributed by atoms with E-state index < -0.39 is 9.05 Å². The summed E-state index contributed by atoms with van der Waals surface area (Å²) in [5.41, 5.74) is 0. The molecule has 3 nitrogen and oxygen atoms in total. The smallest absolute Gasteiger partial charge is 0.263 e. The van der Waals surface area contributed by atoms with Crippen LogP contribution < -0.4 is 0 Å². The molecule has 0 heterocycles. The van der Waals surface area contributed by atoms with E-state index in [1.165, 1.54) is 0 Å². The molecule has 6 heteroatoms. The zero-order valence-electron chi connectivity index (χ0n) is 2.57. The first-order valence-corrected chi connectivity index (χ1v) is 3.10. The summed E-state index contributed by atoms with van der Waals surface area (Å²) in [6.07, 6.45) is 0. The Morgan fingerprint density at radius 3 is 1.50 bits per heavy atom. The fraction of sp³-hybridized carbons (Fsp3) is 0. The summed E-state index contributed by atoms with van der Waals surface area (Å²) in [5, 5.41) is 0. The van der Waals surface area contributed by atoms with Gasteiger partial charge in [-0.05, 0) is 0 Å². The van der Waals surface area contributed by atoms with Crippen molar-refractivity contribution in [3.8, 4) is 0 Å². The van der Waals surface area contributed by atoms with Crippen molar-refractivity contribution in [2.75, 3.05) is 0 Å². The molecule has 0 aliphatic rings. The van der Waals surface area contributed by atoms with Gasteiger partial charge in [-0.15, -0.1) is 0 Å². The topological polar surface area (TPSA) is 57.5 Å². The monoisotopic (exact) mass is 165 g/mol. The first-order chi connectivity index (χ1) is 2.00. The van der Waals surface area contributed by atoms with Crippen molar-refractivity contribution >= 4 is 20.2 Å². The van der Waals surface area contributed by atoms with Gasteiger partial charge in [0, 0.05) is 29.7 Å². The van der Waals surface area contributed by atoms with E-state index in [-0.39, 0.29) is 18.6 Å². The molecule has 0 aromatic rings. The Kier molecular flexibility index (Phi) is 4.91.